The van der Waals surface area contributed by atoms with E-state index in [1.165, 1.54) is 11.1 Å². The lowest BCUT2D eigenvalue weighted by Crippen LogP contribution is -2.21. The molecular weight excluding hydrogens is 258 g/mol. The lowest BCUT2D eigenvalue weighted by Gasteiger charge is -2.20. The molecule has 3 heteroatoms. The van der Waals surface area contributed by atoms with E-state index in [0.29, 0.717) is 5.92 Å². The van der Waals surface area contributed by atoms with Crippen LogP contribution in [0.1, 0.15) is 19.5 Å². The zero-order valence-corrected chi connectivity index (χ0v) is 13.3. The van der Waals surface area contributed by atoms with E-state index in [2.05, 4.69) is 62.0 Å². The molecule has 0 saturated carbocycles. The van der Waals surface area contributed by atoms with Crippen LogP contribution in [0.2, 0.25) is 0 Å². The van der Waals surface area contributed by atoms with Crippen molar-refractivity contribution in [2.45, 2.75) is 20.4 Å². The number of aromatic nitrogens is 1. The largest absolute Gasteiger partial charge is 0.370 e. The number of hydrogen-bond donors (Lipinski definition) is 1. The van der Waals surface area contributed by atoms with Gasteiger partial charge in [0.2, 0.25) is 0 Å². The van der Waals surface area contributed by atoms with Crippen LogP contribution < -0.4 is 10.2 Å². The standard InChI is InChI=1S/C18H25N3/c1-5-10-21(4)18-11-15(13-19-12-14(2)3)20-17-9-7-6-8-16(17)18/h5-9,11,14,19H,1,10,12-13H2,2-4H3. The Hall–Kier alpha value is -1.87. The van der Waals surface area contributed by atoms with Crippen LogP contribution in [0.25, 0.3) is 10.9 Å². The van der Waals surface area contributed by atoms with Gasteiger partial charge in [-0.25, -0.2) is 0 Å². The molecule has 0 saturated heterocycles. The highest BCUT2D eigenvalue weighted by atomic mass is 15.1. The number of pyridine rings is 1. The molecule has 0 radical (unpaired) electrons. The maximum atomic E-state index is 4.76. The molecule has 21 heavy (non-hydrogen) atoms. The van der Waals surface area contributed by atoms with Crippen LogP contribution in [0.4, 0.5) is 5.69 Å². The van der Waals surface area contributed by atoms with Crippen molar-refractivity contribution in [1.82, 2.24) is 10.3 Å². The van der Waals surface area contributed by atoms with Gasteiger partial charge in [0.15, 0.2) is 0 Å². The number of hydrogen-bond acceptors (Lipinski definition) is 3. The van der Waals surface area contributed by atoms with Crippen LogP contribution in [-0.4, -0.2) is 25.1 Å². The lowest BCUT2D eigenvalue weighted by atomic mass is 10.1. The van der Waals surface area contributed by atoms with Crippen molar-refractivity contribution in [2.24, 2.45) is 5.92 Å². The smallest absolute Gasteiger partial charge is 0.0726 e. The first-order chi connectivity index (χ1) is 10.1. The summed E-state index contributed by atoms with van der Waals surface area (Å²) in [6, 6.07) is 10.5. The second-order valence-corrected chi connectivity index (χ2v) is 5.84. The Balaban J connectivity index is 2.32. The molecule has 0 aliphatic carbocycles. The Morgan fingerprint density at radius 3 is 2.81 bits per heavy atom. The van der Waals surface area contributed by atoms with E-state index in [4.69, 9.17) is 4.98 Å². The summed E-state index contributed by atoms with van der Waals surface area (Å²) >= 11 is 0. The molecule has 0 bridgehead atoms. The van der Waals surface area contributed by atoms with Crippen LogP contribution >= 0.6 is 0 Å². The summed E-state index contributed by atoms with van der Waals surface area (Å²) in [4.78, 5) is 6.97. The predicted molar refractivity (Wildman–Crippen MR) is 91.8 cm³/mol. The van der Waals surface area contributed by atoms with Gasteiger partial charge in [-0.1, -0.05) is 38.1 Å². The molecule has 3 nitrogen and oxygen atoms in total. The minimum atomic E-state index is 0.647. The van der Waals surface area contributed by atoms with Crippen molar-refractivity contribution in [2.75, 3.05) is 25.0 Å². The SMILES string of the molecule is C=CCN(C)c1cc(CNCC(C)C)nc2ccccc12. The summed E-state index contributed by atoms with van der Waals surface area (Å²) in [6.07, 6.45) is 1.92. The average Bonchev–Trinajstić information content (AvgIpc) is 2.46. The van der Waals surface area contributed by atoms with Crippen LogP contribution in [0.5, 0.6) is 0 Å². The number of benzene rings is 1. The monoisotopic (exact) mass is 283 g/mol. The minimum absolute atomic E-state index is 0.647. The fourth-order valence-electron chi connectivity index (χ4n) is 2.40. The molecule has 2 aromatic rings. The summed E-state index contributed by atoms with van der Waals surface area (Å²) in [6.45, 7) is 10.9. The summed E-state index contributed by atoms with van der Waals surface area (Å²) in [5.74, 6) is 0.647. The Morgan fingerprint density at radius 2 is 2.10 bits per heavy atom. The van der Waals surface area contributed by atoms with Crippen LogP contribution in [-0.2, 0) is 6.54 Å². The Morgan fingerprint density at radius 1 is 1.33 bits per heavy atom. The van der Waals surface area contributed by atoms with Gasteiger partial charge >= 0.3 is 0 Å². The van der Waals surface area contributed by atoms with E-state index in [1.807, 2.05) is 12.1 Å². The van der Waals surface area contributed by atoms with Crippen molar-refractivity contribution < 1.29 is 0 Å². The van der Waals surface area contributed by atoms with E-state index in [9.17, 15) is 0 Å². The predicted octanol–water partition coefficient (Wildman–Crippen LogP) is 3.60. The van der Waals surface area contributed by atoms with Gasteiger partial charge in [-0.3, -0.25) is 4.98 Å². The first-order valence-corrected chi connectivity index (χ1v) is 7.53. The molecule has 0 amide bonds. The normalized spacial score (nSPS) is 11.0. The highest BCUT2D eigenvalue weighted by Gasteiger charge is 2.08. The van der Waals surface area contributed by atoms with Crippen LogP contribution in [0.3, 0.4) is 0 Å². The minimum Gasteiger partial charge on any atom is -0.370 e. The first-order valence-electron chi connectivity index (χ1n) is 7.53. The number of likely N-dealkylation sites (N-methyl/N-ethyl adjacent to an activating group) is 1. The molecule has 1 aromatic heterocycles. The van der Waals surface area contributed by atoms with Crippen molar-refractivity contribution >= 4 is 16.6 Å². The molecule has 1 aromatic carbocycles. The van der Waals surface area contributed by atoms with Crippen LogP contribution in [0.15, 0.2) is 43.0 Å². The summed E-state index contributed by atoms with van der Waals surface area (Å²) in [5, 5.41) is 4.65. The molecule has 0 aliphatic heterocycles. The molecule has 112 valence electrons. The maximum absolute atomic E-state index is 4.76. The van der Waals surface area contributed by atoms with E-state index in [1.54, 1.807) is 0 Å². The molecule has 0 unspecified atom stereocenters. The number of para-hydroxylation sites is 1. The number of nitrogens with one attached hydrogen (secondary N) is 1. The number of rotatable bonds is 7. The Bertz CT molecular complexity index is 604. The highest BCUT2D eigenvalue weighted by Crippen LogP contribution is 2.26. The van der Waals surface area contributed by atoms with E-state index in [0.717, 1.165) is 30.8 Å². The number of nitrogens with zero attached hydrogens (tertiary/aromatic N) is 2. The lowest BCUT2D eigenvalue weighted by molar-refractivity contribution is 0.549. The van der Waals surface area contributed by atoms with E-state index >= 15 is 0 Å². The maximum Gasteiger partial charge on any atom is 0.0726 e. The van der Waals surface area contributed by atoms with Crippen molar-refractivity contribution in [3.63, 3.8) is 0 Å². The summed E-state index contributed by atoms with van der Waals surface area (Å²) in [5.41, 5.74) is 3.34. The Kier molecular flexibility index (Phi) is 5.34. The van der Waals surface area contributed by atoms with E-state index in [-0.39, 0.29) is 0 Å². The fourth-order valence-corrected chi connectivity index (χ4v) is 2.40. The average molecular weight is 283 g/mol. The first kappa shape index (κ1) is 15.5. The van der Waals surface area contributed by atoms with Gasteiger partial charge in [0, 0.05) is 31.2 Å². The van der Waals surface area contributed by atoms with Gasteiger partial charge in [0.25, 0.3) is 0 Å². The van der Waals surface area contributed by atoms with Gasteiger partial charge in [0.05, 0.1) is 11.2 Å². The molecule has 1 heterocycles. The fraction of sp³-hybridized carbons (Fsp3) is 0.389. The third-order valence-electron chi connectivity index (χ3n) is 3.42. The molecule has 0 aliphatic rings. The second kappa shape index (κ2) is 7.23. The van der Waals surface area contributed by atoms with Gasteiger partial charge in [-0.2, -0.15) is 0 Å². The van der Waals surface area contributed by atoms with Crippen LogP contribution in [0, 0.1) is 5.92 Å². The zero-order valence-electron chi connectivity index (χ0n) is 13.3. The molecule has 0 spiro atoms. The summed E-state index contributed by atoms with van der Waals surface area (Å²) in [7, 11) is 2.09. The third kappa shape index (κ3) is 4.05. The molecule has 2 rings (SSSR count). The quantitative estimate of drug-likeness (QED) is 0.787. The summed E-state index contributed by atoms with van der Waals surface area (Å²) < 4.78 is 0. The molecule has 0 fully saturated rings. The van der Waals surface area contributed by atoms with Crippen molar-refractivity contribution in [3.8, 4) is 0 Å². The van der Waals surface area contributed by atoms with Crippen molar-refractivity contribution in [1.29, 1.82) is 0 Å². The Labute approximate surface area is 127 Å². The number of anilines is 1. The highest BCUT2D eigenvalue weighted by molar-refractivity contribution is 5.91. The topological polar surface area (TPSA) is 28.2 Å². The zero-order chi connectivity index (χ0) is 15.2. The number of fused-ring (bicyclic) bond motifs is 1. The van der Waals surface area contributed by atoms with Crippen molar-refractivity contribution in [3.05, 3.63) is 48.7 Å². The van der Waals surface area contributed by atoms with Gasteiger partial charge < -0.3 is 10.2 Å². The van der Waals surface area contributed by atoms with E-state index < -0.39 is 0 Å². The second-order valence-electron chi connectivity index (χ2n) is 5.84. The molecule has 1 N–H and O–H groups in total. The molecule has 0 atom stereocenters. The van der Waals surface area contributed by atoms with Gasteiger partial charge in [-0.05, 0) is 24.6 Å². The third-order valence-corrected chi connectivity index (χ3v) is 3.42. The van der Waals surface area contributed by atoms with Gasteiger partial charge in [-0.15, -0.1) is 6.58 Å². The molecular formula is C18H25N3. The van der Waals surface area contributed by atoms with Gasteiger partial charge in [0.1, 0.15) is 0 Å².